The predicted molar refractivity (Wildman–Crippen MR) is 133 cm³/mol. The van der Waals surface area contributed by atoms with E-state index in [-0.39, 0.29) is 24.1 Å². The van der Waals surface area contributed by atoms with Crippen LogP contribution in [0.3, 0.4) is 0 Å². The van der Waals surface area contributed by atoms with Crippen LogP contribution in [0.5, 0.6) is 0 Å². The number of nitrogens with one attached hydrogen (secondary N) is 2. The number of H-pyrrole nitrogens is 1. The molecule has 0 saturated heterocycles. The molecule has 1 aromatic heterocycles. The molecule has 0 radical (unpaired) electrons. The van der Waals surface area contributed by atoms with Crippen molar-refractivity contribution in [2.24, 2.45) is 11.5 Å². The average molecular weight is 499 g/mol. The topological polar surface area (TPSA) is 96.9 Å². The number of amides is 1. The Balaban J connectivity index is 1.75. The van der Waals surface area contributed by atoms with E-state index in [1.54, 1.807) is 18.2 Å². The molecule has 0 spiro atoms. The second-order valence-corrected chi connectivity index (χ2v) is 8.62. The predicted octanol–water partition coefficient (Wildman–Crippen LogP) is 5.46. The van der Waals surface area contributed by atoms with Crippen LogP contribution in [-0.4, -0.2) is 30.0 Å². The van der Waals surface area contributed by atoms with E-state index in [0.717, 1.165) is 29.7 Å². The zero-order valence-electron chi connectivity index (χ0n) is 19.3. The van der Waals surface area contributed by atoms with E-state index in [9.17, 15) is 22.4 Å². The number of benzene rings is 3. The molecule has 6 N–H and O–H groups in total. The minimum atomic E-state index is -4.47. The molecule has 9 heteroatoms. The van der Waals surface area contributed by atoms with Crippen LogP contribution in [0, 0.1) is 5.82 Å². The van der Waals surface area contributed by atoms with Crippen molar-refractivity contribution in [1.82, 2.24) is 10.3 Å². The highest BCUT2D eigenvalue weighted by atomic mass is 19.4. The molecular weight excluding hydrogens is 472 g/mol. The van der Waals surface area contributed by atoms with Crippen molar-refractivity contribution in [2.75, 3.05) is 13.1 Å². The van der Waals surface area contributed by atoms with E-state index < -0.39 is 17.6 Å². The summed E-state index contributed by atoms with van der Waals surface area (Å²) >= 11 is 0. The Bertz CT molecular complexity index is 1350. The van der Waals surface area contributed by atoms with E-state index in [1.165, 1.54) is 24.3 Å². The number of carbonyl (C=O) groups is 1. The van der Waals surface area contributed by atoms with Crippen LogP contribution in [0.15, 0.2) is 66.7 Å². The summed E-state index contributed by atoms with van der Waals surface area (Å²) in [5.41, 5.74) is 14.1. The molecule has 0 fully saturated rings. The molecule has 0 aliphatic heterocycles. The molecule has 0 bridgehead atoms. The van der Waals surface area contributed by atoms with E-state index in [0.29, 0.717) is 35.0 Å². The van der Waals surface area contributed by atoms with Gasteiger partial charge in [0.2, 0.25) is 0 Å². The van der Waals surface area contributed by atoms with Gasteiger partial charge in [0, 0.05) is 29.1 Å². The van der Waals surface area contributed by atoms with Crippen LogP contribution in [-0.2, 0) is 6.18 Å². The number of aromatic nitrogens is 1. The number of alkyl halides is 3. The van der Waals surface area contributed by atoms with Crippen LogP contribution in [0.25, 0.3) is 33.2 Å². The first-order valence-electron chi connectivity index (χ1n) is 11.5. The fraction of sp³-hybridized carbons (Fsp3) is 0.222. The highest BCUT2D eigenvalue weighted by molar-refractivity contribution is 6.10. The lowest BCUT2D eigenvalue weighted by Gasteiger charge is -2.13. The quantitative estimate of drug-likeness (QED) is 0.243. The Morgan fingerprint density at radius 2 is 1.58 bits per heavy atom. The van der Waals surface area contributed by atoms with Crippen LogP contribution < -0.4 is 16.8 Å². The molecule has 1 heterocycles. The summed E-state index contributed by atoms with van der Waals surface area (Å²) in [5, 5.41) is 3.47. The fourth-order valence-electron chi connectivity index (χ4n) is 4.11. The third kappa shape index (κ3) is 5.58. The average Bonchev–Trinajstić information content (AvgIpc) is 3.25. The second-order valence-electron chi connectivity index (χ2n) is 8.62. The lowest BCUT2D eigenvalue weighted by Crippen LogP contribution is -2.37. The number of nitrogens with two attached hydrogens (primary N) is 2. The van der Waals surface area contributed by atoms with E-state index >= 15 is 0 Å². The fourth-order valence-corrected chi connectivity index (χ4v) is 4.11. The van der Waals surface area contributed by atoms with Crippen molar-refractivity contribution < 1.29 is 22.4 Å². The van der Waals surface area contributed by atoms with Gasteiger partial charge in [-0.3, -0.25) is 4.79 Å². The molecular formula is C27H26F4N4O. The summed E-state index contributed by atoms with van der Waals surface area (Å²) in [6.07, 6.45) is -3.09. The first-order valence-corrected chi connectivity index (χ1v) is 11.5. The normalized spacial score (nSPS) is 12.6. The Morgan fingerprint density at radius 1 is 0.944 bits per heavy atom. The lowest BCUT2D eigenvalue weighted by atomic mass is 9.98. The molecule has 36 heavy (non-hydrogen) atoms. The molecule has 4 rings (SSSR count). The summed E-state index contributed by atoms with van der Waals surface area (Å²) in [4.78, 5) is 16.3. The highest BCUT2D eigenvalue weighted by Crippen LogP contribution is 2.37. The number of carbonyl (C=O) groups excluding carboxylic acids is 1. The highest BCUT2D eigenvalue weighted by Gasteiger charge is 2.30. The van der Waals surface area contributed by atoms with Crippen LogP contribution in [0.2, 0.25) is 0 Å². The molecule has 0 saturated carbocycles. The number of halogens is 4. The number of aromatic amines is 1. The van der Waals surface area contributed by atoms with Crippen molar-refractivity contribution in [3.8, 4) is 22.3 Å². The Morgan fingerprint density at radius 3 is 2.22 bits per heavy atom. The second kappa shape index (κ2) is 10.5. The van der Waals surface area contributed by atoms with Gasteiger partial charge in [0.25, 0.3) is 5.91 Å². The van der Waals surface area contributed by atoms with Gasteiger partial charge in [-0.25, -0.2) is 4.39 Å². The zero-order chi connectivity index (χ0) is 25.9. The number of fused-ring (bicyclic) bond motifs is 1. The summed E-state index contributed by atoms with van der Waals surface area (Å²) in [6.45, 7) is 0.722. The number of hydrogen-bond acceptors (Lipinski definition) is 3. The maximum atomic E-state index is 13.4. The van der Waals surface area contributed by atoms with E-state index in [2.05, 4.69) is 10.3 Å². The van der Waals surface area contributed by atoms with Gasteiger partial charge in [-0.15, -0.1) is 0 Å². The Hall–Kier alpha value is -3.69. The van der Waals surface area contributed by atoms with Crippen molar-refractivity contribution >= 4 is 16.8 Å². The van der Waals surface area contributed by atoms with Gasteiger partial charge >= 0.3 is 6.18 Å². The molecule has 188 valence electrons. The molecule has 3 aromatic carbocycles. The molecule has 5 nitrogen and oxygen atoms in total. The van der Waals surface area contributed by atoms with Crippen LogP contribution in [0.1, 0.15) is 28.9 Å². The molecule has 0 aliphatic rings. The van der Waals surface area contributed by atoms with Crippen molar-refractivity contribution in [1.29, 1.82) is 0 Å². The van der Waals surface area contributed by atoms with Gasteiger partial charge in [0.05, 0.1) is 5.56 Å². The SMILES string of the molecule is NCCC[C@H](N)CNC(=O)c1[nH]c2cc(-c3ccc(F)cc3)ccc2c1-c1ccc(C(F)(F)F)cc1. The Labute approximate surface area is 205 Å². The zero-order valence-corrected chi connectivity index (χ0v) is 19.3. The minimum Gasteiger partial charge on any atom is -0.350 e. The maximum absolute atomic E-state index is 13.4. The van der Waals surface area contributed by atoms with Gasteiger partial charge in [-0.1, -0.05) is 36.4 Å². The van der Waals surface area contributed by atoms with Gasteiger partial charge < -0.3 is 21.8 Å². The third-order valence-corrected chi connectivity index (χ3v) is 6.01. The van der Waals surface area contributed by atoms with E-state index in [4.69, 9.17) is 11.5 Å². The molecule has 4 aromatic rings. The molecule has 1 atom stereocenters. The summed E-state index contributed by atoms with van der Waals surface area (Å²) < 4.78 is 52.7. The smallest absolute Gasteiger partial charge is 0.350 e. The summed E-state index contributed by atoms with van der Waals surface area (Å²) in [5.74, 6) is -0.777. The van der Waals surface area contributed by atoms with Crippen molar-refractivity contribution in [3.63, 3.8) is 0 Å². The van der Waals surface area contributed by atoms with Gasteiger partial charge in [-0.2, -0.15) is 13.2 Å². The van der Waals surface area contributed by atoms with E-state index in [1.807, 2.05) is 12.1 Å². The molecule has 0 unspecified atom stereocenters. The largest absolute Gasteiger partial charge is 0.416 e. The molecule has 1 amide bonds. The number of rotatable bonds is 8. The summed E-state index contributed by atoms with van der Waals surface area (Å²) in [6, 6.07) is 15.8. The third-order valence-electron chi connectivity index (χ3n) is 6.01. The maximum Gasteiger partial charge on any atom is 0.416 e. The Kier molecular flexibility index (Phi) is 7.42. The minimum absolute atomic E-state index is 0.215. The lowest BCUT2D eigenvalue weighted by molar-refractivity contribution is -0.137. The standard InChI is InChI=1S/C27H26F4N4O/c28-20-10-5-16(6-11-20)18-7-12-22-23(14-18)35-25(26(36)34-15-21(33)2-1-13-32)24(22)17-3-8-19(9-4-17)27(29,30)31/h3-12,14,21,35H,1-2,13,15,32-33H2,(H,34,36)/t21-/m0/s1. The van der Waals surface area contributed by atoms with Crippen LogP contribution >= 0.6 is 0 Å². The van der Waals surface area contributed by atoms with Crippen molar-refractivity contribution in [3.05, 3.63) is 83.8 Å². The monoisotopic (exact) mass is 498 g/mol. The van der Waals surface area contributed by atoms with Gasteiger partial charge in [0.1, 0.15) is 11.5 Å². The first-order chi connectivity index (χ1) is 17.2. The van der Waals surface area contributed by atoms with Crippen molar-refractivity contribution in [2.45, 2.75) is 25.1 Å². The first kappa shape index (κ1) is 25.4. The molecule has 0 aliphatic carbocycles. The van der Waals surface area contributed by atoms with Gasteiger partial charge in [-0.05, 0) is 66.4 Å². The summed E-state index contributed by atoms with van der Waals surface area (Å²) in [7, 11) is 0. The number of hydrogen-bond donors (Lipinski definition) is 4. The van der Waals surface area contributed by atoms with Gasteiger partial charge in [0.15, 0.2) is 0 Å². The van der Waals surface area contributed by atoms with Crippen LogP contribution in [0.4, 0.5) is 17.6 Å².